The van der Waals surface area contributed by atoms with E-state index >= 15 is 0 Å². The van der Waals surface area contributed by atoms with Crippen LogP contribution in [-0.2, 0) is 4.79 Å². The van der Waals surface area contributed by atoms with Gasteiger partial charge in [0, 0.05) is 6.42 Å². The Hall–Kier alpha value is -0.610. The number of aliphatic hydroxyl groups excluding tert-OH is 2. The summed E-state index contributed by atoms with van der Waals surface area (Å²) in [4.78, 5) is 12.3. The molecule has 2 unspecified atom stereocenters. The lowest BCUT2D eigenvalue weighted by Crippen LogP contribution is -2.45. The predicted octanol–water partition coefficient (Wildman–Crippen LogP) is 14.1. The summed E-state index contributed by atoms with van der Waals surface area (Å²) in [5, 5.41) is 23.1. The first-order valence-electron chi connectivity index (χ1n) is 22.7. The van der Waals surface area contributed by atoms with Crippen LogP contribution in [0, 0.1) is 0 Å². The second kappa shape index (κ2) is 41.8. The zero-order valence-corrected chi connectivity index (χ0v) is 33.7. The molecule has 4 nitrogen and oxygen atoms in total. The summed E-state index contributed by atoms with van der Waals surface area (Å²) in [6.07, 6.45) is 50.6. The Bertz CT molecular complexity index is 626. The number of aliphatic hydroxyl groups is 2. The van der Waals surface area contributed by atoms with Crippen molar-refractivity contribution in [1.29, 1.82) is 0 Å². The van der Waals surface area contributed by atoms with Crippen LogP contribution in [0.1, 0.15) is 264 Å². The van der Waals surface area contributed by atoms with Crippen molar-refractivity contribution in [1.82, 2.24) is 5.32 Å². The molecule has 0 aromatic rings. The second-order valence-corrected chi connectivity index (χ2v) is 15.8. The Kier molecular flexibility index (Phi) is 41.3. The standard InChI is InChI=1S/C45H91NO3/c1-3-5-7-9-11-13-15-16-17-18-19-20-21-22-23-24-25-26-27-28-29-30-31-32-34-36-38-40-44(48)43(42-47)46-45(49)41-39-37-35-33-14-12-10-8-6-4-2/h43-44,47-48H,3-42H2,1-2H3,(H,46,49). The maximum Gasteiger partial charge on any atom is 0.220 e. The lowest BCUT2D eigenvalue weighted by molar-refractivity contribution is -0.123. The van der Waals surface area contributed by atoms with Crippen molar-refractivity contribution in [3.05, 3.63) is 0 Å². The van der Waals surface area contributed by atoms with Crippen LogP contribution in [0.25, 0.3) is 0 Å². The third-order valence-electron chi connectivity index (χ3n) is 10.9. The van der Waals surface area contributed by atoms with Gasteiger partial charge in [-0.3, -0.25) is 4.79 Å². The fourth-order valence-corrected chi connectivity index (χ4v) is 7.36. The lowest BCUT2D eigenvalue weighted by Gasteiger charge is -2.22. The number of carbonyl (C=O) groups is 1. The molecule has 0 saturated carbocycles. The van der Waals surface area contributed by atoms with Crippen LogP contribution >= 0.6 is 0 Å². The molecule has 0 spiro atoms. The molecule has 0 fully saturated rings. The normalized spacial score (nSPS) is 12.8. The van der Waals surface area contributed by atoms with Crippen LogP contribution < -0.4 is 5.32 Å². The van der Waals surface area contributed by atoms with Gasteiger partial charge in [-0.1, -0.05) is 245 Å². The smallest absolute Gasteiger partial charge is 0.220 e. The van der Waals surface area contributed by atoms with Crippen molar-refractivity contribution in [2.45, 2.75) is 276 Å². The monoisotopic (exact) mass is 694 g/mol. The van der Waals surface area contributed by atoms with E-state index in [1.807, 2.05) is 0 Å². The van der Waals surface area contributed by atoms with Gasteiger partial charge in [0.2, 0.25) is 5.91 Å². The van der Waals surface area contributed by atoms with E-state index in [2.05, 4.69) is 19.2 Å². The first-order chi connectivity index (χ1) is 24.2. The maximum atomic E-state index is 12.3. The van der Waals surface area contributed by atoms with Gasteiger partial charge in [0.05, 0.1) is 18.8 Å². The number of amides is 1. The molecule has 0 aromatic carbocycles. The Morgan fingerprint density at radius 1 is 0.408 bits per heavy atom. The number of carbonyl (C=O) groups excluding carboxylic acids is 1. The van der Waals surface area contributed by atoms with Crippen LogP contribution in [-0.4, -0.2) is 34.9 Å². The number of nitrogens with one attached hydrogen (secondary N) is 1. The Morgan fingerprint density at radius 3 is 0.918 bits per heavy atom. The molecular formula is C45H91NO3. The van der Waals surface area contributed by atoms with Crippen LogP contribution in [0.2, 0.25) is 0 Å². The van der Waals surface area contributed by atoms with E-state index in [0.717, 1.165) is 25.7 Å². The van der Waals surface area contributed by atoms with E-state index in [-0.39, 0.29) is 12.5 Å². The average molecular weight is 694 g/mol. The quantitative estimate of drug-likeness (QED) is 0.0557. The van der Waals surface area contributed by atoms with E-state index in [0.29, 0.717) is 12.8 Å². The fourth-order valence-electron chi connectivity index (χ4n) is 7.36. The van der Waals surface area contributed by atoms with Gasteiger partial charge in [0.25, 0.3) is 0 Å². The van der Waals surface area contributed by atoms with E-state index in [4.69, 9.17) is 0 Å². The van der Waals surface area contributed by atoms with Crippen molar-refractivity contribution in [3.63, 3.8) is 0 Å². The molecule has 1 amide bonds. The zero-order valence-electron chi connectivity index (χ0n) is 33.7. The summed E-state index contributed by atoms with van der Waals surface area (Å²) in [7, 11) is 0. The van der Waals surface area contributed by atoms with Gasteiger partial charge in [-0.2, -0.15) is 0 Å². The van der Waals surface area contributed by atoms with Gasteiger partial charge in [-0.05, 0) is 12.8 Å². The Morgan fingerprint density at radius 2 is 0.653 bits per heavy atom. The zero-order chi connectivity index (χ0) is 35.7. The van der Waals surface area contributed by atoms with Crippen LogP contribution in [0.15, 0.2) is 0 Å². The summed E-state index contributed by atoms with van der Waals surface area (Å²) in [6, 6.07) is -0.528. The molecule has 0 saturated heterocycles. The van der Waals surface area contributed by atoms with Crippen molar-refractivity contribution >= 4 is 5.91 Å². The van der Waals surface area contributed by atoms with Gasteiger partial charge in [-0.25, -0.2) is 0 Å². The van der Waals surface area contributed by atoms with Crippen molar-refractivity contribution < 1.29 is 15.0 Å². The maximum absolute atomic E-state index is 12.3. The number of rotatable bonds is 42. The second-order valence-electron chi connectivity index (χ2n) is 15.8. The van der Waals surface area contributed by atoms with Gasteiger partial charge in [0.1, 0.15) is 0 Å². The minimum atomic E-state index is -0.652. The number of hydrogen-bond acceptors (Lipinski definition) is 3. The highest BCUT2D eigenvalue weighted by atomic mass is 16.3. The van der Waals surface area contributed by atoms with Crippen molar-refractivity contribution in [2.24, 2.45) is 0 Å². The van der Waals surface area contributed by atoms with Gasteiger partial charge < -0.3 is 15.5 Å². The first kappa shape index (κ1) is 48.4. The molecule has 4 heteroatoms. The number of hydrogen-bond donors (Lipinski definition) is 3. The molecule has 0 aliphatic carbocycles. The van der Waals surface area contributed by atoms with Crippen molar-refractivity contribution in [2.75, 3.05) is 6.61 Å². The van der Waals surface area contributed by atoms with E-state index in [9.17, 15) is 15.0 Å². The molecule has 0 radical (unpaired) electrons. The SMILES string of the molecule is CCCCCCCCCCCCCCCCCCCCCCCCCCCCCC(O)C(CO)NC(=O)CCCCCCCCCCCC. The van der Waals surface area contributed by atoms with Crippen LogP contribution in [0.5, 0.6) is 0 Å². The fraction of sp³-hybridized carbons (Fsp3) is 0.978. The average Bonchev–Trinajstić information content (AvgIpc) is 3.10. The molecule has 0 aliphatic heterocycles. The highest BCUT2D eigenvalue weighted by molar-refractivity contribution is 5.76. The third kappa shape index (κ3) is 38.5. The summed E-state index contributed by atoms with van der Waals surface area (Å²) in [6.45, 7) is 4.36. The molecular weight excluding hydrogens is 602 g/mol. The van der Waals surface area contributed by atoms with E-state index in [1.165, 1.54) is 212 Å². The van der Waals surface area contributed by atoms with Gasteiger partial charge in [-0.15, -0.1) is 0 Å². The van der Waals surface area contributed by atoms with Crippen molar-refractivity contribution in [3.8, 4) is 0 Å². The molecule has 0 aromatic heterocycles. The third-order valence-corrected chi connectivity index (χ3v) is 10.9. The largest absolute Gasteiger partial charge is 0.394 e. The Labute approximate surface area is 308 Å². The minimum Gasteiger partial charge on any atom is -0.394 e. The Balaban J connectivity index is 3.38. The molecule has 3 N–H and O–H groups in total. The summed E-state index contributed by atoms with van der Waals surface area (Å²) in [5.41, 5.74) is 0. The molecule has 0 bridgehead atoms. The van der Waals surface area contributed by atoms with Crippen LogP contribution in [0.4, 0.5) is 0 Å². The van der Waals surface area contributed by atoms with Gasteiger partial charge in [0.15, 0.2) is 0 Å². The molecule has 2 atom stereocenters. The highest BCUT2D eigenvalue weighted by Gasteiger charge is 2.20. The molecule has 0 aliphatic rings. The molecule has 49 heavy (non-hydrogen) atoms. The van der Waals surface area contributed by atoms with E-state index in [1.54, 1.807) is 0 Å². The summed E-state index contributed by atoms with van der Waals surface area (Å²) < 4.78 is 0. The lowest BCUT2D eigenvalue weighted by atomic mass is 10.0. The first-order valence-corrected chi connectivity index (χ1v) is 22.7. The predicted molar refractivity (Wildman–Crippen MR) is 216 cm³/mol. The summed E-state index contributed by atoms with van der Waals surface area (Å²) >= 11 is 0. The van der Waals surface area contributed by atoms with E-state index < -0.39 is 12.1 Å². The number of unbranched alkanes of at least 4 members (excludes halogenated alkanes) is 35. The van der Waals surface area contributed by atoms with Crippen LogP contribution in [0.3, 0.4) is 0 Å². The summed E-state index contributed by atoms with van der Waals surface area (Å²) in [5.74, 6) is -0.0297. The highest BCUT2D eigenvalue weighted by Crippen LogP contribution is 2.17. The minimum absolute atomic E-state index is 0.0297. The molecule has 0 rings (SSSR count). The molecule has 294 valence electrons. The van der Waals surface area contributed by atoms with Gasteiger partial charge >= 0.3 is 0 Å². The topological polar surface area (TPSA) is 69.6 Å². The molecule has 0 heterocycles.